The van der Waals surface area contributed by atoms with E-state index in [0.717, 1.165) is 32.1 Å². The number of nitrogens with two attached hydrogens (primary N) is 1. The molecule has 0 saturated heterocycles. The van der Waals surface area contributed by atoms with Crippen LogP contribution in [0.5, 0.6) is 0 Å². The summed E-state index contributed by atoms with van der Waals surface area (Å²) in [5.41, 5.74) is 5.89. The van der Waals surface area contributed by atoms with Crippen LogP contribution in [0, 0.1) is 5.92 Å². The van der Waals surface area contributed by atoms with E-state index in [-0.39, 0.29) is 11.9 Å². The summed E-state index contributed by atoms with van der Waals surface area (Å²) in [4.78, 5) is 11.8. The molecule has 0 heterocycles. The van der Waals surface area contributed by atoms with Gasteiger partial charge in [-0.3, -0.25) is 4.79 Å². The lowest BCUT2D eigenvalue weighted by molar-refractivity contribution is -0.123. The van der Waals surface area contributed by atoms with Crippen LogP contribution < -0.4 is 16.4 Å². The summed E-state index contributed by atoms with van der Waals surface area (Å²) in [6, 6.07) is 0.756. The third kappa shape index (κ3) is 5.04. The average molecular weight is 241 g/mol. The Bertz CT molecular complexity index is 235. The Kier molecular flexibility index (Phi) is 5.92. The summed E-state index contributed by atoms with van der Waals surface area (Å²) >= 11 is 0. The van der Waals surface area contributed by atoms with Crippen molar-refractivity contribution in [3.63, 3.8) is 0 Å². The largest absolute Gasteiger partial charge is 0.358 e. The highest BCUT2D eigenvalue weighted by atomic mass is 16.2. The van der Waals surface area contributed by atoms with Gasteiger partial charge in [-0.2, -0.15) is 0 Å². The molecule has 1 amide bonds. The van der Waals surface area contributed by atoms with Crippen molar-refractivity contribution in [3.05, 3.63) is 0 Å². The Morgan fingerprint density at radius 1 is 1.29 bits per heavy atom. The van der Waals surface area contributed by atoms with E-state index in [1.165, 1.54) is 0 Å². The molecule has 1 aliphatic rings. The second-order valence-electron chi connectivity index (χ2n) is 5.57. The molecule has 1 atom stereocenters. The van der Waals surface area contributed by atoms with Crippen LogP contribution in [0.3, 0.4) is 0 Å². The fourth-order valence-electron chi connectivity index (χ4n) is 2.47. The number of hydrogen-bond donors (Lipinski definition) is 3. The highest BCUT2D eigenvalue weighted by Crippen LogP contribution is 2.18. The molecule has 17 heavy (non-hydrogen) atoms. The number of likely N-dealkylation sites (N-methyl/N-ethyl adjacent to an activating group) is 1. The molecule has 1 saturated carbocycles. The van der Waals surface area contributed by atoms with E-state index in [9.17, 15) is 4.79 Å². The van der Waals surface area contributed by atoms with E-state index in [4.69, 9.17) is 5.73 Å². The van der Waals surface area contributed by atoms with Gasteiger partial charge in [0.15, 0.2) is 0 Å². The molecule has 1 rings (SSSR count). The van der Waals surface area contributed by atoms with Gasteiger partial charge in [0.2, 0.25) is 5.91 Å². The van der Waals surface area contributed by atoms with E-state index in [1.807, 2.05) is 0 Å². The van der Waals surface area contributed by atoms with Gasteiger partial charge in [0, 0.05) is 19.1 Å². The Morgan fingerprint density at radius 3 is 2.35 bits per heavy atom. The molecule has 0 spiro atoms. The molecule has 100 valence electrons. The zero-order chi connectivity index (χ0) is 12.8. The minimum absolute atomic E-state index is 0.0562. The van der Waals surface area contributed by atoms with Crippen molar-refractivity contribution < 1.29 is 4.79 Å². The minimum atomic E-state index is -0.0562. The fourth-order valence-corrected chi connectivity index (χ4v) is 2.47. The highest BCUT2D eigenvalue weighted by Gasteiger charge is 2.25. The quantitative estimate of drug-likeness (QED) is 0.673. The third-order valence-electron chi connectivity index (χ3n) is 3.48. The summed E-state index contributed by atoms with van der Waals surface area (Å²) < 4.78 is 0. The first-order chi connectivity index (χ1) is 8.02. The van der Waals surface area contributed by atoms with E-state index < -0.39 is 0 Å². The molecule has 0 radical (unpaired) electrons. The fraction of sp³-hybridized carbons (Fsp3) is 0.923. The average Bonchev–Trinajstić information content (AvgIpc) is 2.29. The maximum Gasteiger partial charge on any atom is 0.236 e. The molecule has 4 heteroatoms. The van der Waals surface area contributed by atoms with Gasteiger partial charge in [-0.25, -0.2) is 0 Å². The number of hydrogen-bond acceptors (Lipinski definition) is 3. The molecule has 0 aliphatic heterocycles. The lowest BCUT2D eigenvalue weighted by atomic mass is 9.90. The van der Waals surface area contributed by atoms with Gasteiger partial charge < -0.3 is 16.4 Å². The lowest BCUT2D eigenvalue weighted by Crippen LogP contribution is -2.49. The first kappa shape index (κ1) is 14.5. The molecular weight excluding hydrogens is 214 g/mol. The second-order valence-corrected chi connectivity index (χ2v) is 5.57. The van der Waals surface area contributed by atoms with Crippen molar-refractivity contribution in [2.75, 3.05) is 7.05 Å². The van der Waals surface area contributed by atoms with Crippen molar-refractivity contribution in [2.24, 2.45) is 11.7 Å². The van der Waals surface area contributed by atoms with Crippen molar-refractivity contribution in [3.8, 4) is 0 Å². The van der Waals surface area contributed by atoms with Gasteiger partial charge in [0.05, 0.1) is 6.04 Å². The van der Waals surface area contributed by atoms with E-state index in [1.54, 1.807) is 7.05 Å². The molecule has 0 aromatic heterocycles. The number of rotatable bonds is 5. The SMILES string of the molecule is CNC(=O)C(CC(C)C)NC1CCC(N)CC1. The molecule has 1 aliphatic carbocycles. The van der Waals surface area contributed by atoms with Crippen molar-refractivity contribution in [2.45, 2.75) is 64.1 Å². The van der Waals surface area contributed by atoms with Crippen LogP contribution in [-0.4, -0.2) is 31.1 Å². The standard InChI is InChI=1S/C13H27N3O/c1-9(2)8-12(13(17)15-3)16-11-6-4-10(14)5-7-11/h9-12,16H,4-8,14H2,1-3H3,(H,15,17). The van der Waals surface area contributed by atoms with Crippen LogP contribution >= 0.6 is 0 Å². The van der Waals surface area contributed by atoms with E-state index >= 15 is 0 Å². The zero-order valence-electron chi connectivity index (χ0n) is 11.3. The summed E-state index contributed by atoms with van der Waals surface area (Å²) in [6.45, 7) is 4.29. The zero-order valence-corrected chi connectivity index (χ0v) is 11.3. The number of carbonyl (C=O) groups is 1. The highest BCUT2D eigenvalue weighted by molar-refractivity contribution is 5.81. The van der Waals surface area contributed by atoms with Gasteiger partial charge in [0.25, 0.3) is 0 Å². The van der Waals surface area contributed by atoms with Gasteiger partial charge in [0.1, 0.15) is 0 Å². The molecule has 4 N–H and O–H groups in total. The van der Waals surface area contributed by atoms with Gasteiger partial charge in [-0.05, 0) is 38.0 Å². The first-order valence-corrected chi connectivity index (χ1v) is 6.76. The van der Waals surface area contributed by atoms with Crippen molar-refractivity contribution in [1.29, 1.82) is 0 Å². The molecule has 4 nitrogen and oxygen atoms in total. The van der Waals surface area contributed by atoms with Crippen LogP contribution in [0.15, 0.2) is 0 Å². The molecule has 1 fully saturated rings. The Hall–Kier alpha value is -0.610. The normalized spacial score (nSPS) is 26.9. The Labute approximate surface area is 105 Å². The van der Waals surface area contributed by atoms with Crippen LogP contribution in [0.25, 0.3) is 0 Å². The Balaban J connectivity index is 2.45. The summed E-state index contributed by atoms with van der Waals surface area (Å²) in [5.74, 6) is 0.629. The number of nitrogens with one attached hydrogen (secondary N) is 2. The molecule has 1 unspecified atom stereocenters. The number of amides is 1. The predicted molar refractivity (Wildman–Crippen MR) is 70.7 cm³/mol. The first-order valence-electron chi connectivity index (χ1n) is 6.76. The monoisotopic (exact) mass is 241 g/mol. The molecular formula is C13H27N3O. The maximum absolute atomic E-state index is 11.8. The van der Waals surface area contributed by atoms with Crippen LogP contribution in [0.4, 0.5) is 0 Å². The lowest BCUT2D eigenvalue weighted by Gasteiger charge is -2.30. The second kappa shape index (κ2) is 6.97. The van der Waals surface area contributed by atoms with Crippen molar-refractivity contribution in [1.82, 2.24) is 10.6 Å². The minimum Gasteiger partial charge on any atom is -0.358 e. The summed E-state index contributed by atoms with van der Waals surface area (Å²) in [5, 5.41) is 6.23. The molecule has 0 aromatic rings. The predicted octanol–water partition coefficient (Wildman–Crippen LogP) is 1.01. The smallest absolute Gasteiger partial charge is 0.236 e. The van der Waals surface area contributed by atoms with Gasteiger partial charge in [-0.15, -0.1) is 0 Å². The third-order valence-corrected chi connectivity index (χ3v) is 3.48. The van der Waals surface area contributed by atoms with Gasteiger partial charge >= 0.3 is 0 Å². The van der Waals surface area contributed by atoms with Gasteiger partial charge in [-0.1, -0.05) is 13.8 Å². The summed E-state index contributed by atoms with van der Waals surface area (Å²) in [7, 11) is 1.70. The van der Waals surface area contributed by atoms with Crippen LogP contribution in [-0.2, 0) is 4.79 Å². The molecule has 0 bridgehead atoms. The maximum atomic E-state index is 11.8. The van der Waals surface area contributed by atoms with E-state index in [0.29, 0.717) is 18.0 Å². The number of carbonyl (C=O) groups excluding carboxylic acids is 1. The topological polar surface area (TPSA) is 67.2 Å². The van der Waals surface area contributed by atoms with E-state index in [2.05, 4.69) is 24.5 Å². The Morgan fingerprint density at radius 2 is 1.88 bits per heavy atom. The summed E-state index contributed by atoms with van der Waals surface area (Å²) in [6.07, 6.45) is 5.21. The van der Waals surface area contributed by atoms with Crippen LogP contribution in [0.1, 0.15) is 46.0 Å². The molecule has 0 aromatic carbocycles. The van der Waals surface area contributed by atoms with Crippen LogP contribution in [0.2, 0.25) is 0 Å². The van der Waals surface area contributed by atoms with Crippen molar-refractivity contribution >= 4 is 5.91 Å².